The predicted molar refractivity (Wildman–Crippen MR) is 128 cm³/mol. The SMILES string of the molecule is CCC(C)N(CC(=O)N(Cc1ccccc1)Cc1cccn1C)C(=O)c1cccc(Cl)c1. The van der Waals surface area contributed by atoms with Gasteiger partial charge in [0.2, 0.25) is 5.91 Å². The molecule has 0 spiro atoms. The molecule has 1 aromatic heterocycles. The Morgan fingerprint density at radius 3 is 2.38 bits per heavy atom. The highest BCUT2D eigenvalue weighted by Gasteiger charge is 2.26. The molecule has 2 amide bonds. The van der Waals surface area contributed by atoms with Crippen molar-refractivity contribution in [3.8, 4) is 0 Å². The molecule has 32 heavy (non-hydrogen) atoms. The summed E-state index contributed by atoms with van der Waals surface area (Å²) in [6.45, 7) is 4.94. The van der Waals surface area contributed by atoms with E-state index in [0.717, 1.165) is 17.7 Å². The minimum absolute atomic E-state index is 0.0115. The standard InChI is InChI=1S/C26H30ClN3O2/c1-4-20(2)30(26(32)22-12-8-13-23(27)16-22)19-25(31)29(17-21-10-6-5-7-11-21)18-24-14-9-15-28(24)3/h5-16,20H,4,17-19H2,1-3H3. The molecule has 0 aliphatic carbocycles. The van der Waals surface area contributed by atoms with Gasteiger partial charge in [0.15, 0.2) is 0 Å². The van der Waals surface area contributed by atoms with Crippen molar-refractivity contribution in [2.75, 3.05) is 6.54 Å². The number of carbonyl (C=O) groups excluding carboxylic acids is 2. The number of hydrogen-bond acceptors (Lipinski definition) is 2. The lowest BCUT2D eigenvalue weighted by molar-refractivity contribution is -0.133. The molecule has 1 atom stereocenters. The van der Waals surface area contributed by atoms with E-state index in [1.807, 2.05) is 79.0 Å². The van der Waals surface area contributed by atoms with E-state index < -0.39 is 0 Å². The zero-order valence-corrected chi connectivity index (χ0v) is 19.6. The number of halogens is 1. The number of carbonyl (C=O) groups is 2. The number of hydrogen-bond donors (Lipinski definition) is 0. The van der Waals surface area contributed by atoms with E-state index in [2.05, 4.69) is 0 Å². The Hall–Kier alpha value is -3.05. The van der Waals surface area contributed by atoms with Gasteiger partial charge in [0, 0.05) is 42.1 Å². The average molecular weight is 452 g/mol. The highest BCUT2D eigenvalue weighted by atomic mass is 35.5. The molecule has 0 N–H and O–H groups in total. The van der Waals surface area contributed by atoms with E-state index in [9.17, 15) is 9.59 Å². The van der Waals surface area contributed by atoms with Crippen LogP contribution in [0.4, 0.5) is 0 Å². The number of benzene rings is 2. The van der Waals surface area contributed by atoms with Crippen molar-refractivity contribution in [1.29, 1.82) is 0 Å². The molecule has 2 aromatic carbocycles. The maximum atomic E-state index is 13.5. The molecule has 3 rings (SSSR count). The van der Waals surface area contributed by atoms with Crippen LogP contribution in [0.1, 0.15) is 41.9 Å². The van der Waals surface area contributed by atoms with Gasteiger partial charge in [-0.15, -0.1) is 0 Å². The highest BCUT2D eigenvalue weighted by molar-refractivity contribution is 6.31. The van der Waals surface area contributed by atoms with Crippen molar-refractivity contribution >= 4 is 23.4 Å². The van der Waals surface area contributed by atoms with Crippen LogP contribution < -0.4 is 0 Å². The Labute approximate surface area is 195 Å². The van der Waals surface area contributed by atoms with Crippen LogP contribution in [-0.2, 0) is 24.9 Å². The molecule has 0 aliphatic rings. The molecular formula is C26H30ClN3O2. The van der Waals surface area contributed by atoms with Crippen molar-refractivity contribution in [2.24, 2.45) is 7.05 Å². The van der Waals surface area contributed by atoms with E-state index in [4.69, 9.17) is 11.6 Å². The second kappa shape index (κ2) is 11.0. The van der Waals surface area contributed by atoms with E-state index in [1.54, 1.807) is 29.2 Å². The molecule has 5 nitrogen and oxygen atoms in total. The van der Waals surface area contributed by atoms with Crippen molar-refractivity contribution in [1.82, 2.24) is 14.4 Å². The maximum Gasteiger partial charge on any atom is 0.254 e. The van der Waals surface area contributed by atoms with Gasteiger partial charge in [-0.05, 0) is 49.2 Å². The Morgan fingerprint density at radius 1 is 1.00 bits per heavy atom. The fourth-order valence-corrected chi connectivity index (χ4v) is 3.76. The number of amides is 2. The van der Waals surface area contributed by atoms with Gasteiger partial charge in [-0.3, -0.25) is 9.59 Å². The average Bonchev–Trinajstić information content (AvgIpc) is 3.20. The Bertz CT molecular complexity index is 1050. The maximum absolute atomic E-state index is 13.5. The smallest absolute Gasteiger partial charge is 0.254 e. The van der Waals surface area contributed by atoms with Gasteiger partial charge in [0.25, 0.3) is 5.91 Å². The van der Waals surface area contributed by atoms with Crippen LogP contribution in [0, 0.1) is 0 Å². The molecule has 6 heteroatoms. The first-order valence-electron chi connectivity index (χ1n) is 10.9. The summed E-state index contributed by atoms with van der Waals surface area (Å²) in [6.07, 6.45) is 2.71. The minimum Gasteiger partial charge on any atom is -0.353 e. The monoisotopic (exact) mass is 451 g/mol. The van der Waals surface area contributed by atoms with Crippen LogP contribution in [0.3, 0.4) is 0 Å². The molecular weight excluding hydrogens is 422 g/mol. The first kappa shape index (κ1) is 23.6. The van der Waals surface area contributed by atoms with Crippen molar-refractivity contribution in [2.45, 2.75) is 39.4 Å². The first-order chi connectivity index (χ1) is 15.4. The fourth-order valence-electron chi connectivity index (χ4n) is 3.57. The van der Waals surface area contributed by atoms with Crippen LogP contribution in [0.2, 0.25) is 5.02 Å². The second-order valence-electron chi connectivity index (χ2n) is 8.05. The second-order valence-corrected chi connectivity index (χ2v) is 8.48. The van der Waals surface area contributed by atoms with Crippen molar-refractivity contribution in [3.05, 3.63) is 94.8 Å². The van der Waals surface area contributed by atoms with Gasteiger partial charge >= 0.3 is 0 Å². The zero-order chi connectivity index (χ0) is 23.1. The van der Waals surface area contributed by atoms with Gasteiger partial charge in [-0.1, -0.05) is 54.9 Å². The first-order valence-corrected chi connectivity index (χ1v) is 11.2. The summed E-state index contributed by atoms with van der Waals surface area (Å²) >= 11 is 6.10. The van der Waals surface area contributed by atoms with Gasteiger partial charge < -0.3 is 14.4 Å². The normalized spacial score (nSPS) is 11.8. The molecule has 0 radical (unpaired) electrons. The van der Waals surface area contributed by atoms with Crippen molar-refractivity contribution in [3.63, 3.8) is 0 Å². The molecule has 1 heterocycles. The Kier molecular flexibility index (Phi) is 8.12. The fraction of sp³-hybridized carbons (Fsp3) is 0.308. The molecule has 0 fully saturated rings. The Balaban J connectivity index is 1.85. The lowest BCUT2D eigenvalue weighted by Crippen LogP contribution is -2.46. The van der Waals surface area contributed by atoms with E-state index in [1.165, 1.54) is 0 Å². The quantitative estimate of drug-likeness (QED) is 0.451. The van der Waals surface area contributed by atoms with Crippen LogP contribution in [0.15, 0.2) is 72.9 Å². The molecule has 0 bridgehead atoms. The van der Waals surface area contributed by atoms with E-state index in [-0.39, 0.29) is 24.4 Å². The number of aryl methyl sites for hydroxylation is 1. The molecule has 0 saturated carbocycles. The summed E-state index contributed by atoms with van der Waals surface area (Å²) in [5, 5.41) is 0.501. The summed E-state index contributed by atoms with van der Waals surface area (Å²) in [4.78, 5) is 30.3. The van der Waals surface area contributed by atoms with Gasteiger partial charge in [0.05, 0.1) is 6.54 Å². The van der Waals surface area contributed by atoms with Gasteiger partial charge in [0.1, 0.15) is 6.54 Å². The summed E-state index contributed by atoms with van der Waals surface area (Å²) in [5.41, 5.74) is 2.57. The summed E-state index contributed by atoms with van der Waals surface area (Å²) in [6, 6.07) is 20.7. The number of nitrogens with zero attached hydrogens (tertiary/aromatic N) is 3. The summed E-state index contributed by atoms with van der Waals surface area (Å²) in [7, 11) is 1.97. The van der Waals surface area contributed by atoms with Crippen LogP contribution in [0.5, 0.6) is 0 Å². The van der Waals surface area contributed by atoms with Crippen LogP contribution >= 0.6 is 11.6 Å². The lowest BCUT2D eigenvalue weighted by Gasteiger charge is -2.31. The van der Waals surface area contributed by atoms with E-state index in [0.29, 0.717) is 23.7 Å². The van der Waals surface area contributed by atoms with Crippen LogP contribution in [-0.4, -0.2) is 38.8 Å². The number of rotatable bonds is 9. The van der Waals surface area contributed by atoms with Crippen LogP contribution in [0.25, 0.3) is 0 Å². The Morgan fingerprint density at radius 2 is 1.75 bits per heavy atom. The highest BCUT2D eigenvalue weighted by Crippen LogP contribution is 2.17. The third-order valence-corrected chi connectivity index (χ3v) is 5.97. The molecule has 0 aliphatic heterocycles. The summed E-state index contributed by atoms with van der Waals surface area (Å²) < 4.78 is 2.01. The topological polar surface area (TPSA) is 45.6 Å². The third kappa shape index (κ3) is 6.01. The van der Waals surface area contributed by atoms with Gasteiger partial charge in [-0.25, -0.2) is 0 Å². The molecule has 0 saturated heterocycles. The zero-order valence-electron chi connectivity index (χ0n) is 18.9. The largest absolute Gasteiger partial charge is 0.353 e. The third-order valence-electron chi connectivity index (χ3n) is 5.73. The van der Waals surface area contributed by atoms with Crippen molar-refractivity contribution < 1.29 is 9.59 Å². The number of aromatic nitrogens is 1. The van der Waals surface area contributed by atoms with Gasteiger partial charge in [-0.2, -0.15) is 0 Å². The lowest BCUT2D eigenvalue weighted by atomic mass is 10.1. The predicted octanol–water partition coefficient (Wildman–Crippen LogP) is 5.15. The molecule has 1 unspecified atom stereocenters. The summed E-state index contributed by atoms with van der Waals surface area (Å²) in [5.74, 6) is -0.278. The molecule has 168 valence electrons. The minimum atomic E-state index is -0.186. The molecule has 3 aromatic rings. The van der Waals surface area contributed by atoms with E-state index >= 15 is 0 Å².